The van der Waals surface area contributed by atoms with E-state index < -0.39 is 9.84 Å². The maximum absolute atomic E-state index is 13.0. The van der Waals surface area contributed by atoms with Crippen LogP contribution in [0.15, 0.2) is 58.4 Å². The van der Waals surface area contributed by atoms with Crippen molar-refractivity contribution in [1.82, 2.24) is 14.9 Å². The van der Waals surface area contributed by atoms with Crippen LogP contribution in [0, 0.1) is 6.92 Å². The summed E-state index contributed by atoms with van der Waals surface area (Å²) in [5, 5.41) is 0. The molecular formula is C23H23N3O5S. The number of H-pyrrole nitrogens is 1. The predicted octanol–water partition coefficient (Wildman–Crippen LogP) is 3.18. The zero-order chi connectivity index (χ0) is 22.9. The topological polar surface area (TPSA) is 109 Å². The first kappa shape index (κ1) is 21.8. The number of likely N-dealkylation sites (tertiary alicyclic amines) is 1. The van der Waals surface area contributed by atoms with Gasteiger partial charge in [-0.15, -0.1) is 0 Å². The van der Waals surface area contributed by atoms with Crippen LogP contribution in [0.5, 0.6) is 11.5 Å². The molecule has 1 aromatic heterocycles. The lowest BCUT2D eigenvalue weighted by molar-refractivity contribution is 0.0792. The number of nitrogens with zero attached hydrogens (tertiary/aromatic N) is 2. The number of hydrogen-bond acceptors (Lipinski definition) is 6. The molecule has 0 atom stereocenters. The average molecular weight is 454 g/mol. The lowest BCUT2D eigenvalue weighted by Gasteiger charge is -2.17. The highest BCUT2D eigenvalue weighted by molar-refractivity contribution is 7.90. The zero-order valence-corrected chi connectivity index (χ0v) is 18.6. The Morgan fingerprint density at radius 2 is 1.75 bits per heavy atom. The Kier molecular flexibility index (Phi) is 5.84. The average Bonchev–Trinajstić information content (AvgIpc) is 3.29. The van der Waals surface area contributed by atoms with E-state index in [9.17, 15) is 18.0 Å². The molecule has 32 heavy (non-hydrogen) atoms. The van der Waals surface area contributed by atoms with Gasteiger partial charge in [-0.25, -0.2) is 13.4 Å². The summed E-state index contributed by atoms with van der Waals surface area (Å²) in [6.07, 6.45) is 4.55. The quantitative estimate of drug-likeness (QED) is 0.635. The molecule has 4 rings (SSSR count). The highest BCUT2D eigenvalue weighted by atomic mass is 32.2. The number of aryl methyl sites for hydroxylation is 1. The number of ether oxygens (including phenoxy) is 1. The summed E-state index contributed by atoms with van der Waals surface area (Å²) in [4.78, 5) is 34.1. The van der Waals surface area contributed by atoms with Gasteiger partial charge in [-0.2, -0.15) is 0 Å². The SMILES string of the molecule is Cc1cnc(-c2cc(Oc3ccc(S(C)(=O)=O)cc3)cc(C(=O)N3CCCC3)c2)[nH]c1=O. The van der Waals surface area contributed by atoms with Crippen LogP contribution in [0.3, 0.4) is 0 Å². The summed E-state index contributed by atoms with van der Waals surface area (Å²) in [6, 6.07) is 11.0. The van der Waals surface area contributed by atoms with Crippen LogP contribution in [0.2, 0.25) is 0 Å². The Balaban J connectivity index is 1.73. The molecule has 166 valence electrons. The molecule has 0 bridgehead atoms. The van der Waals surface area contributed by atoms with E-state index in [1.54, 1.807) is 42.2 Å². The Labute approximate surface area is 185 Å². The Morgan fingerprint density at radius 1 is 1.06 bits per heavy atom. The second kappa shape index (κ2) is 8.58. The standard InChI is InChI=1S/C23H23N3O5S/c1-15-14-24-21(25-22(15)27)16-11-17(23(28)26-9-3-4-10-26)13-19(12-16)31-18-5-7-20(8-6-18)32(2,29)30/h5-8,11-14H,3-4,9-10H2,1-2H3,(H,24,25,27). The molecule has 0 radical (unpaired) electrons. The predicted molar refractivity (Wildman–Crippen MR) is 120 cm³/mol. The van der Waals surface area contributed by atoms with Crippen molar-refractivity contribution in [2.45, 2.75) is 24.7 Å². The number of sulfone groups is 1. The largest absolute Gasteiger partial charge is 0.457 e. The van der Waals surface area contributed by atoms with E-state index in [2.05, 4.69) is 9.97 Å². The van der Waals surface area contributed by atoms with Gasteiger partial charge in [-0.05, 0) is 62.2 Å². The van der Waals surface area contributed by atoms with E-state index in [4.69, 9.17) is 4.74 Å². The van der Waals surface area contributed by atoms with Crippen molar-refractivity contribution >= 4 is 15.7 Å². The summed E-state index contributed by atoms with van der Waals surface area (Å²) in [6.45, 7) is 3.06. The first-order valence-electron chi connectivity index (χ1n) is 10.2. The van der Waals surface area contributed by atoms with Gasteiger partial charge >= 0.3 is 0 Å². The molecule has 9 heteroatoms. The third-order valence-corrected chi connectivity index (χ3v) is 6.41. The molecule has 1 aliphatic heterocycles. The van der Waals surface area contributed by atoms with Crippen molar-refractivity contribution in [2.75, 3.05) is 19.3 Å². The molecule has 1 saturated heterocycles. The van der Waals surface area contributed by atoms with Crippen molar-refractivity contribution in [3.05, 3.63) is 70.1 Å². The second-order valence-electron chi connectivity index (χ2n) is 7.83. The minimum Gasteiger partial charge on any atom is -0.457 e. The van der Waals surface area contributed by atoms with Gasteiger partial charge in [0.25, 0.3) is 11.5 Å². The first-order valence-corrected chi connectivity index (χ1v) is 12.1. The van der Waals surface area contributed by atoms with Crippen molar-refractivity contribution in [3.63, 3.8) is 0 Å². The third kappa shape index (κ3) is 4.72. The highest BCUT2D eigenvalue weighted by Crippen LogP contribution is 2.29. The van der Waals surface area contributed by atoms with Gasteiger partial charge in [0.2, 0.25) is 0 Å². The van der Waals surface area contributed by atoms with Crippen LogP contribution in [0.1, 0.15) is 28.8 Å². The van der Waals surface area contributed by atoms with E-state index in [0.717, 1.165) is 19.1 Å². The number of carbonyl (C=O) groups excluding carboxylic acids is 1. The lowest BCUT2D eigenvalue weighted by atomic mass is 10.1. The number of rotatable bonds is 5. The van der Waals surface area contributed by atoms with Crippen molar-refractivity contribution in [3.8, 4) is 22.9 Å². The van der Waals surface area contributed by atoms with Crippen LogP contribution in [-0.2, 0) is 9.84 Å². The fourth-order valence-corrected chi connectivity index (χ4v) is 4.15. The van der Waals surface area contributed by atoms with Crippen LogP contribution >= 0.6 is 0 Å². The minimum atomic E-state index is -3.32. The fourth-order valence-electron chi connectivity index (χ4n) is 3.52. The summed E-state index contributed by atoms with van der Waals surface area (Å²) in [7, 11) is -3.32. The van der Waals surface area contributed by atoms with Crippen molar-refractivity contribution < 1.29 is 17.9 Å². The lowest BCUT2D eigenvalue weighted by Crippen LogP contribution is -2.27. The zero-order valence-electron chi connectivity index (χ0n) is 17.8. The van der Waals surface area contributed by atoms with Gasteiger partial charge in [0, 0.05) is 42.2 Å². The molecule has 8 nitrogen and oxygen atoms in total. The van der Waals surface area contributed by atoms with Gasteiger partial charge in [0.1, 0.15) is 17.3 Å². The van der Waals surface area contributed by atoms with E-state index >= 15 is 0 Å². The number of hydrogen-bond donors (Lipinski definition) is 1. The summed E-state index contributed by atoms with van der Waals surface area (Å²) < 4.78 is 29.3. The molecule has 3 aromatic rings. The van der Waals surface area contributed by atoms with E-state index in [1.165, 1.54) is 18.3 Å². The minimum absolute atomic E-state index is 0.115. The number of aromatic amines is 1. The summed E-state index contributed by atoms with van der Waals surface area (Å²) in [5.41, 5.74) is 1.19. The molecule has 0 saturated carbocycles. The second-order valence-corrected chi connectivity index (χ2v) is 9.85. The number of amides is 1. The first-order chi connectivity index (χ1) is 15.2. The number of aromatic nitrogens is 2. The Morgan fingerprint density at radius 3 is 2.38 bits per heavy atom. The Bertz CT molecular complexity index is 1320. The maximum atomic E-state index is 13.0. The van der Waals surface area contributed by atoms with Gasteiger partial charge in [0.15, 0.2) is 9.84 Å². The van der Waals surface area contributed by atoms with Crippen LogP contribution in [0.25, 0.3) is 11.4 Å². The van der Waals surface area contributed by atoms with Crippen LogP contribution in [0.4, 0.5) is 0 Å². The summed E-state index contributed by atoms with van der Waals surface area (Å²) >= 11 is 0. The molecular weight excluding hydrogens is 430 g/mol. The van der Waals surface area contributed by atoms with Crippen LogP contribution in [-0.4, -0.2) is 48.5 Å². The Hall–Kier alpha value is -3.46. The van der Waals surface area contributed by atoms with Gasteiger partial charge in [-0.1, -0.05) is 0 Å². The summed E-state index contributed by atoms with van der Waals surface area (Å²) in [5.74, 6) is 1.00. The molecule has 0 spiro atoms. The highest BCUT2D eigenvalue weighted by Gasteiger charge is 2.21. The number of nitrogens with one attached hydrogen (secondary N) is 1. The van der Waals surface area contributed by atoms with Gasteiger partial charge < -0.3 is 14.6 Å². The molecule has 2 heterocycles. The monoisotopic (exact) mass is 453 g/mol. The molecule has 0 unspecified atom stereocenters. The van der Waals surface area contributed by atoms with E-state index in [-0.39, 0.29) is 16.4 Å². The van der Waals surface area contributed by atoms with E-state index in [1.807, 2.05) is 0 Å². The molecule has 1 N–H and O–H groups in total. The molecule has 1 fully saturated rings. The molecule has 1 amide bonds. The number of carbonyl (C=O) groups is 1. The van der Waals surface area contributed by atoms with Gasteiger partial charge in [0.05, 0.1) is 4.90 Å². The normalized spacial score (nSPS) is 13.9. The molecule has 1 aliphatic rings. The molecule has 2 aromatic carbocycles. The third-order valence-electron chi connectivity index (χ3n) is 5.29. The van der Waals surface area contributed by atoms with Crippen LogP contribution < -0.4 is 10.3 Å². The van der Waals surface area contributed by atoms with E-state index in [0.29, 0.717) is 47.1 Å². The van der Waals surface area contributed by atoms with Crippen molar-refractivity contribution in [1.29, 1.82) is 0 Å². The number of benzene rings is 2. The fraction of sp³-hybridized carbons (Fsp3) is 0.261. The maximum Gasteiger partial charge on any atom is 0.254 e. The van der Waals surface area contributed by atoms with Crippen molar-refractivity contribution in [2.24, 2.45) is 0 Å². The smallest absolute Gasteiger partial charge is 0.254 e. The molecule has 0 aliphatic carbocycles. The van der Waals surface area contributed by atoms with Gasteiger partial charge in [-0.3, -0.25) is 9.59 Å².